The second-order valence-electron chi connectivity index (χ2n) is 4.40. The van der Waals surface area contributed by atoms with E-state index in [1.165, 1.54) is 17.9 Å². The van der Waals surface area contributed by atoms with E-state index in [0.717, 1.165) is 5.56 Å². The van der Waals surface area contributed by atoms with Crippen molar-refractivity contribution < 1.29 is 14.4 Å². The van der Waals surface area contributed by atoms with Gasteiger partial charge in [0, 0.05) is 25.1 Å². The Bertz CT molecular complexity index is 734. The quantitative estimate of drug-likeness (QED) is 0.811. The number of nitrogen functional groups attached to an aromatic ring is 1. The topological polar surface area (TPSA) is 131 Å². The molecule has 0 saturated heterocycles. The van der Waals surface area contributed by atoms with E-state index in [0.29, 0.717) is 17.1 Å². The average Bonchev–Trinajstić information content (AvgIpc) is 2.43. The molecule has 1 atom stereocenters. The van der Waals surface area contributed by atoms with Crippen LogP contribution in [0.25, 0.3) is 11.3 Å². The molecule has 120 valence electrons. The summed E-state index contributed by atoms with van der Waals surface area (Å²) in [6.07, 6.45) is 3.11. The van der Waals surface area contributed by atoms with Crippen LogP contribution in [0.5, 0.6) is 5.75 Å². The number of methoxy groups -OCH3 is 1. The lowest BCUT2D eigenvalue weighted by Crippen LogP contribution is -2.21. The molecule has 1 aromatic carbocycles. The van der Waals surface area contributed by atoms with E-state index in [1.807, 2.05) is 0 Å². The lowest BCUT2D eigenvalue weighted by atomic mass is 10.1. The van der Waals surface area contributed by atoms with Crippen molar-refractivity contribution in [3.05, 3.63) is 34.7 Å². The summed E-state index contributed by atoms with van der Waals surface area (Å²) in [7, 11) is 1.90. The number of rotatable bonds is 4. The number of nitrogens with one attached hydrogen (secondary N) is 1. The maximum Gasteiger partial charge on any atom is 0.292 e. The number of hydrogen-bond acceptors (Lipinski definition) is 5. The molecule has 0 aliphatic heterocycles. The van der Waals surface area contributed by atoms with Gasteiger partial charge in [0.2, 0.25) is 0 Å². The van der Waals surface area contributed by atoms with Crippen molar-refractivity contribution >= 4 is 22.5 Å². The summed E-state index contributed by atoms with van der Waals surface area (Å²) in [5, 5.41) is 0. The van der Waals surface area contributed by atoms with Crippen LogP contribution in [-0.4, -0.2) is 32.6 Å². The van der Waals surface area contributed by atoms with E-state index < -0.39 is 11.0 Å². The SMILES string of the molecule is COc1ccc(-c2cn(C)c(=O)c(N)n2)cc1NS(C)=O.O. The number of nitrogens with two attached hydrogens (primary N) is 1. The summed E-state index contributed by atoms with van der Waals surface area (Å²) in [4.78, 5) is 15.6. The Hall–Kier alpha value is -2.39. The molecule has 0 saturated carbocycles. The molecule has 1 heterocycles. The predicted molar refractivity (Wildman–Crippen MR) is 87.2 cm³/mol. The zero-order chi connectivity index (χ0) is 15.6. The maximum atomic E-state index is 11.6. The van der Waals surface area contributed by atoms with Gasteiger partial charge in [-0.05, 0) is 18.2 Å². The summed E-state index contributed by atoms with van der Waals surface area (Å²) in [6, 6.07) is 5.26. The fraction of sp³-hybridized carbons (Fsp3) is 0.231. The molecule has 1 unspecified atom stereocenters. The Morgan fingerprint density at radius 2 is 2.09 bits per heavy atom. The molecule has 0 bridgehead atoms. The highest BCUT2D eigenvalue weighted by Crippen LogP contribution is 2.30. The lowest BCUT2D eigenvalue weighted by molar-refractivity contribution is 0.417. The fourth-order valence-electron chi connectivity index (χ4n) is 1.87. The first-order valence-corrected chi connectivity index (χ1v) is 7.60. The van der Waals surface area contributed by atoms with Gasteiger partial charge in [-0.2, -0.15) is 0 Å². The Morgan fingerprint density at radius 1 is 1.41 bits per heavy atom. The Kier molecular flexibility index (Phi) is 5.66. The van der Waals surface area contributed by atoms with Crippen LogP contribution in [0, 0.1) is 0 Å². The molecule has 2 aromatic rings. The summed E-state index contributed by atoms with van der Waals surface area (Å²) >= 11 is 0. The van der Waals surface area contributed by atoms with Gasteiger partial charge in [0.15, 0.2) is 5.82 Å². The van der Waals surface area contributed by atoms with E-state index in [2.05, 4.69) is 9.71 Å². The second-order valence-corrected chi connectivity index (χ2v) is 5.51. The number of aromatic nitrogens is 2. The first-order valence-electron chi connectivity index (χ1n) is 6.04. The molecule has 2 rings (SSSR count). The van der Waals surface area contributed by atoms with E-state index in [1.54, 1.807) is 31.4 Å². The van der Waals surface area contributed by atoms with E-state index in [4.69, 9.17) is 10.5 Å². The van der Waals surface area contributed by atoms with Crippen molar-refractivity contribution in [3.8, 4) is 17.0 Å². The van der Waals surface area contributed by atoms with Crippen molar-refractivity contribution in [1.82, 2.24) is 9.55 Å². The van der Waals surface area contributed by atoms with Gasteiger partial charge in [-0.25, -0.2) is 9.19 Å². The molecule has 0 fully saturated rings. The highest BCUT2D eigenvalue weighted by Gasteiger charge is 2.10. The van der Waals surface area contributed by atoms with Crippen molar-refractivity contribution in [1.29, 1.82) is 0 Å². The van der Waals surface area contributed by atoms with Gasteiger partial charge in [0.1, 0.15) is 16.7 Å². The predicted octanol–water partition coefficient (Wildman–Crippen LogP) is -0.0812. The lowest BCUT2D eigenvalue weighted by Gasteiger charge is -2.11. The molecule has 9 heteroatoms. The van der Waals surface area contributed by atoms with Crippen LogP contribution in [0.4, 0.5) is 11.5 Å². The maximum absolute atomic E-state index is 11.6. The molecule has 8 nitrogen and oxygen atoms in total. The normalized spacial score (nSPS) is 11.4. The van der Waals surface area contributed by atoms with Crippen molar-refractivity contribution in [2.24, 2.45) is 7.05 Å². The van der Waals surface area contributed by atoms with Gasteiger partial charge in [-0.15, -0.1) is 0 Å². The second kappa shape index (κ2) is 7.05. The minimum absolute atomic E-state index is 0. The number of aryl methyl sites for hydroxylation is 1. The monoisotopic (exact) mass is 326 g/mol. The van der Waals surface area contributed by atoms with Crippen LogP contribution in [0.1, 0.15) is 0 Å². The van der Waals surface area contributed by atoms with Gasteiger partial charge in [0.25, 0.3) is 5.56 Å². The van der Waals surface area contributed by atoms with Crippen LogP contribution in [0.15, 0.2) is 29.2 Å². The van der Waals surface area contributed by atoms with Crippen molar-refractivity contribution in [3.63, 3.8) is 0 Å². The molecular formula is C13H18N4O4S. The molecule has 0 aliphatic carbocycles. The van der Waals surface area contributed by atoms with Crippen molar-refractivity contribution in [2.45, 2.75) is 0 Å². The summed E-state index contributed by atoms with van der Waals surface area (Å²) in [6.45, 7) is 0. The van der Waals surface area contributed by atoms with Crippen LogP contribution in [0.3, 0.4) is 0 Å². The van der Waals surface area contributed by atoms with Gasteiger partial charge in [0.05, 0.1) is 18.5 Å². The third kappa shape index (κ3) is 3.62. The van der Waals surface area contributed by atoms with Gasteiger partial charge >= 0.3 is 0 Å². The van der Waals surface area contributed by atoms with E-state index >= 15 is 0 Å². The first-order chi connectivity index (χ1) is 9.92. The Labute approximate surface area is 129 Å². The van der Waals surface area contributed by atoms with E-state index in [9.17, 15) is 9.00 Å². The number of anilines is 2. The third-order valence-electron chi connectivity index (χ3n) is 2.85. The number of ether oxygens (including phenoxy) is 1. The smallest absolute Gasteiger partial charge is 0.292 e. The van der Waals surface area contributed by atoms with Gasteiger partial charge < -0.3 is 25.2 Å². The average molecular weight is 326 g/mol. The van der Waals surface area contributed by atoms with Gasteiger partial charge in [-0.1, -0.05) is 0 Å². The number of benzene rings is 1. The zero-order valence-electron chi connectivity index (χ0n) is 12.4. The van der Waals surface area contributed by atoms with Crippen LogP contribution >= 0.6 is 0 Å². The summed E-state index contributed by atoms with van der Waals surface area (Å²) < 4.78 is 20.7. The molecular weight excluding hydrogens is 308 g/mol. The Morgan fingerprint density at radius 3 is 2.64 bits per heavy atom. The highest BCUT2D eigenvalue weighted by molar-refractivity contribution is 7.85. The van der Waals surface area contributed by atoms with Crippen LogP contribution < -0.4 is 20.8 Å². The zero-order valence-corrected chi connectivity index (χ0v) is 13.2. The van der Waals surface area contributed by atoms with Crippen molar-refractivity contribution in [2.75, 3.05) is 23.8 Å². The standard InChI is InChI=1S/C13H16N4O3S.H2O/c1-17-7-10(15-12(14)13(17)18)8-4-5-11(20-2)9(6-8)16-21(3)19;/h4-7,16H,1-3H3,(H2,14,15);1H2. The molecule has 0 spiro atoms. The first kappa shape index (κ1) is 17.7. The highest BCUT2D eigenvalue weighted by atomic mass is 32.2. The van der Waals surface area contributed by atoms with Gasteiger partial charge in [-0.3, -0.25) is 4.79 Å². The molecule has 5 N–H and O–H groups in total. The largest absolute Gasteiger partial charge is 0.495 e. The fourth-order valence-corrected chi connectivity index (χ4v) is 2.34. The molecule has 1 aromatic heterocycles. The van der Waals surface area contributed by atoms with Crippen LogP contribution in [-0.2, 0) is 18.0 Å². The minimum atomic E-state index is -1.24. The third-order valence-corrected chi connectivity index (χ3v) is 3.35. The van der Waals surface area contributed by atoms with E-state index in [-0.39, 0.29) is 16.9 Å². The Balaban J connectivity index is 0.00000242. The van der Waals surface area contributed by atoms with Crippen LogP contribution in [0.2, 0.25) is 0 Å². The number of nitrogens with zero attached hydrogens (tertiary/aromatic N) is 2. The molecule has 0 aliphatic rings. The number of hydrogen-bond donors (Lipinski definition) is 2. The summed E-state index contributed by atoms with van der Waals surface area (Å²) in [5.41, 5.74) is 7.10. The summed E-state index contributed by atoms with van der Waals surface area (Å²) in [5.74, 6) is 0.492. The molecule has 0 amide bonds. The molecule has 22 heavy (non-hydrogen) atoms. The molecule has 0 radical (unpaired) electrons. The minimum Gasteiger partial charge on any atom is -0.495 e.